The zero-order chi connectivity index (χ0) is 14.4. The molecule has 0 aromatic carbocycles. The summed E-state index contributed by atoms with van der Waals surface area (Å²) in [6.07, 6.45) is 8.40. The largest absolute Gasteiger partial charge is 0.474 e. The van der Waals surface area contributed by atoms with Crippen LogP contribution in [0.4, 0.5) is 0 Å². The number of rotatable bonds is 6. The minimum absolute atomic E-state index is 0.348. The van der Waals surface area contributed by atoms with E-state index in [0.29, 0.717) is 12.0 Å². The normalized spacial score (nSPS) is 16.6. The van der Waals surface area contributed by atoms with Crippen LogP contribution < -0.4 is 10.1 Å². The molecule has 0 bridgehead atoms. The summed E-state index contributed by atoms with van der Waals surface area (Å²) in [6.45, 7) is 6.25. The first-order valence-corrected chi connectivity index (χ1v) is 8.46. The van der Waals surface area contributed by atoms with E-state index < -0.39 is 0 Å². The Morgan fingerprint density at radius 2 is 2.10 bits per heavy atom. The Morgan fingerprint density at radius 3 is 2.80 bits per heavy atom. The molecule has 4 heteroatoms. The minimum atomic E-state index is 0.348. The molecule has 1 heterocycles. The molecule has 1 aromatic heterocycles. The van der Waals surface area contributed by atoms with Gasteiger partial charge in [-0.25, -0.2) is 4.98 Å². The molecular weight excluding hydrogens is 316 g/mol. The standard InChI is InChI=1S/C16H25BrN2O/c1-12(2)9-18-10-13-8-14(17)11-19-16(13)20-15-6-4-3-5-7-15/h8,11-12,15,18H,3-7,9-10H2,1-2H3. The van der Waals surface area contributed by atoms with Gasteiger partial charge in [0.25, 0.3) is 0 Å². The summed E-state index contributed by atoms with van der Waals surface area (Å²) in [6, 6.07) is 2.11. The fourth-order valence-corrected chi connectivity index (χ4v) is 2.92. The summed E-state index contributed by atoms with van der Waals surface area (Å²) in [7, 11) is 0. The molecule has 1 saturated carbocycles. The van der Waals surface area contributed by atoms with Gasteiger partial charge >= 0.3 is 0 Å². The fourth-order valence-electron chi connectivity index (χ4n) is 2.54. The number of nitrogens with one attached hydrogen (secondary N) is 1. The van der Waals surface area contributed by atoms with E-state index in [9.17, 15) is 0 Å². The van der Waals surface area contributed by atoms with E-state index >= 15 is 0 Å². The summed E-state index contributed by atoms with van der Waals surface area (Å²) >= 11 is 3.50. The third kappa shape index (κ3) is 5.06. The Kier molecular flexibility index (Phi) is 6.30. The topological polar surface area (TPSA) is 34.2 Å². The van der Waals surface area contributed by atoms with Crippen molar-refractivity contribution < 1.29 is 4.74 Å². The number of hydrogen-bond donors (Lipinski definition) is 1. The highest BCUT2D eigenvalue weighted by molar-refractivity contribution is 9.10. The third-order valence-corrected chi connectivity index (χ3v) is 4.02. The number of halogens is 1. The Labute approximate surface area is 130 Å². The number of ether oxygens (including phenoxy) is 1. The second-order valence-corrected chi connectivity index (χ2v) is 6.94. The summed E-state index contributed by atoms with van der Waals surface area (Å²) in [5.74, 6) is 1.45. The molecule has 1 aliphatic carbocycles. The second-order valence-electron chi connectivity index (χ2n) is 6.02. The summed E-state index contributed by atoms with van der Waals surface area (Å²) in [5.41, 5.74) is 1.14. The predicted molar refractivity (Wildman–Crippen MR) is 86.0 cm³/mol. The fraction of sp³-hybridized carbons (Fsp3) is 0.688. The highest BCUT2D eigenvalue weighted by Gasteiger charge is 2.17. The number of nitrogens with zero attached hydrogens (tertiary/aromatic N) is 1. The van der Waals surface area contributed by atoms with Crippen molar-refractivity contribution in [1.82, 2.24) is 10.3 Å². The van der Waals surface area contributed by atoms with Crippen molar-refractivity contribution in [3.63, 3.8) is 0 Å². The van der Waals surface area contributed by atoms with Crippen molar-refractivity contribution in [1.29, 1.82) is 0 Å². The molecule has 0 amide bonds. The first kappa shape index (κ1) is 15.8. The molecule has 0 atom stereocenters. The maximum Gasteiger partial charge on any atom is 0.218 e. The van der Waals surface area contributed by atoms with Gasteiger partial charge in [0.05, 0.1) is 0 Å². The average molecular weight is 341 g/mol. The molecule has 3 nitrogen and oxygen atoms in total. The lowest BCUT2D eigenvalue weighted by Gasteiger charge is -2.23. The lowest BCUT2D eigenvalue weighted by molar-refractivity contribution is 0.147. The predicted octanol–water partition coefficient (Wildman–Crippen LogP) is 4.30. The van der Waals surface area contributed by atoms with Gasteiger partial charge in [0.2, 0.25) is 5.88 Å². The van der Waals surface area contributed by atoms with Crippen LogP contribution >= 0.6 is 15.9 Å². The average Bonchev–Trinajstić information content (AvgIpc) is 2.42. The van der Waals surface area contributed by atoms with Crippen molar-refractivity contribution in [2.24, 2.45) is 5.92 Å². The van der Waals surface area contributed by atoms with Gasteiger partial charge in [-0.1, -0.05) is 20.3 Å². The van der Waals surface area contributed by atoms with Crippen molar-refractivity contribution in [3.05, 3.63) is 22.3 Å². The van der Waals surface area contributed by atoms with Crippen LogP contribution in [0.5, 0.6) is 5.88 Å². The van der Waals surface area contributed by atoms with Crippen LogP contribution in [-0.2, 0) is 6.54 Å². The van der Waals surface area contributed by atoms with Crippen molar-refractivity contribution in [3.8, 4) is 5.88 Å². The monoisotopic (exact) mass is 340 g/mol. The maximum absolute atomic E-state index is 6.13. The van der Waals surface area contributed by atoms with Crippen molar-refractivity contribution >= 4 is 15.9 Å². The Bertz CT molecular complexity index is 417. The van der Waals surface area contributed by atoms with E-state index in [2.05, 4.69) is 46.1 Å². The molecule has 2 rings (SSSR count). The SMILES string of the molecule is CC(C)CNCc1cc(Br)cnc1OC1CCCCC1. The van der Waals surface area contributed by atoms with E-state index in [1.54, 1.807) is 0 Å². The maximum atomic E-state index is 6.13. The highest BCUT2D eigenvalue weighted by atomic mass is 79.9. The molecule has 1 aliphatic rings. The molecule has 1 N–H and O–H groups in total. The van der Waals surface area contributed by atoms with Crippen molar-refractivity contribution in [2.45, 2.75) is 58.6 Å². The molecule has 0 radical (unpaired) electrons. The van der Waals surface area contributed by atoms with Crippen LogP contribution in [-0.4, -0.2) is 17.6 Å². The first-order valence-electron chi connectivity index (χ1n) is 7.67. The van der Waals surface area contributed by atoms with Gasteiger partial charge in [-0.3, -0.25) is 0 Å². The zero-order valence-electron chi connectivity index (χ0n) is 12.5. The van der Waals surface area contributed by atoms with E-state index in [4.69, 9.17) is 4.74 Å². The van der Waals surface area contributed by atoms with E-state index in [1.807, 2.05) is 6.20 Å². The Morgan fingerprint density at radius 1 is 1.35 bits per heavy atom. The summed E-state index contributed by atoms with van der Waals surface area (Å²) < 4.78 is 7.14. The molecule has 1 fully saturated rings. The van der Waals surface area contributed by atoms with Gasteiger partial charge in [0.15, 0.2) is 0 Å². The first-order chi connectivity index (χ1) is 9.65. The second kappa shape index (κ2) is 7.99. The molecule has 112 valence electrons. The molecule has 0 saturated heterocycles. The lowest BCUT2D eigenvalue weighted by Crippen LogP contribution is -2.23. The number of aromatic nitrogens is 1. The number of hydrogen-bond acceptors (Lipinski definition) is 3. The van der Waals surface area contributed by atoms with Gasteiger partial charge < -0.3 is 10.1 Å². The van der Waals surface area contributed by atoms with Crippen LogP contribution in [0.2, 0.25) is 0 Å². The van der Waals surface area contributed by atoms with E-state index in [1.165, 1.54) is 19.3 Å². The van der Waals surface area contributed by atoms with Gasteiger partial charge in [0, 0.05) is 22.8 Å². The zero-order valence-corrected chi connectivity index (χ0v) is 14.1. The van der Waals surface area contributed by atoms with Gasteiger partial charge in [-0.2, -0.15) is 0 Å². The van der Waals surface area contributed by atoms with Crippen LogP contribution in [0.1, 0.15) is 51.5 Å². The van der Waals surface area contributed by atoms with Gasteiger partial charge in [-0.05, 0) is 60.1 Å². The highest BCUT2D eigenvalue weighted by Crippen LogP contribution is 2.26. The van der Waals surface area contributed by atoms with Crippen LogP contribution in [0.3, 0.4) is 0 Å². The van der Waals surface area contributed by atoms with Crippen LogP contribution in [0.15, 0.2) is 16.7 Å². The van der Waals surface area contributed by atoms with Gasteiger partial charge in [-0.15, -0.1) is 0 Å². The third-order valence-electron chi connectivity index (χ3n) is 3.59. The summed E-state index contributed by atoms with van der Waals surface area (Å²) in [5, 5.41) is 3.47. The number of pyridine rings is 1. The molecule has 0 aliphatic heterocycles. The van der Waals surface area contributed by atoms with Crippen molar-refractivity contribution in [2.75, 3.05) is 6.54 Å². The molecule has 0 unspecified atom stereocenters. The van der Waals surface area contributed by atoms with Crippen LogP contribution in [0, 0.1) is 5.92 Å². The van der Waals surface area contributed by atoms with E-state index in [-0.39, 0.29) is 0 Å². The Balaban J connectivity index is 1.98. The smallest absolute Gasteiger partial charge is 0.218 e. The molecule has 20 heavy (non-hydrogen) atoms. The summed E-state index contributed by atoms with van der Waals surface area (Å²) in [4.78, 5) is 4.46. The van der Waals surface area contributed by atoms with Crippen LogP contribution in [0.25, 0.3) is 0 Å². The molecular formula is C16H25BrN2O. The molecule has 0 spiro atoms. The minimum Gasteiger partial charge on any atom is -0.474 e. The van der Waals surface area contributed by atoms with E-state index in [0.717, 1.165) is 41.8 Å². The molecule has 1 aromatic rings. The van der Waals surface area contributed by atoms with Gasteiger partial charge in [0.1, 0.15) is 6.10 Å². The lowest BCUT2D eigenvalue weighted by atomic mass is 9.98. The Hall–Kier alpha value is -0.610. The quantitative estimate of drug-likeness (QED) is 0.838.